The van der Waals surface area contributed by atoms with Crippen LogP contribution in [0, 0.1) is 4.77 Å². The molecule has 0 aliphatic carbocycles. The van der Waals surface area contributed by atoms with Crippen LogP contribution < -0.4 is 0 Å². The van der Waals surface area contributed by atoms with Crippen LogP contribution in [0.5, 0.6) is 0 Å². The summed E-state index contributed by atoms with van der Waals surface area (Å²) in [4.78, 5) is 3.17. The summed E-state index contributed by atoms with van der Waals surface area (Å²) in [5, 5.41) is 0.722. The van der Waals surface area contributed by atoms with Crippen molar-refractivity contribution in [2.24, 2.45) is 0 Å². The number of imidazole rings is 1. The summed E-state index contributed by atoms with van der Waals surface area (Å²) in [6, 6.07) is 5.79. The molecular formula is C12H15ClN2OS. The molecule has 1 aromatic carbocycles. The molecule has 0 amide bonds. The summed E-state index contributed by atoms with van der Waals surface area (Å²) in [6.45, 7) is 1.70. The number of aryl methyl sites for hydroxylation is 1. The minimum atomic E-state index is 0.722. The van der Waals surface area contributed by atoms with Gasteiger partial charge in [-0.2, -0.15) is 0 Å². The van der Waals surface area contributed by atoms with Crippen molar-refractivity contribution in [3.8, 4) is 0 Å². The summed E-state index contributed by atoms with van der Waals surface area (Å²) < 4.78 is 7.89. The summed E-state index contributed by atoms with van der Waals surface area (Å²) in [7, 11) is 1.72. The van der Waals surface area contributed by atoms with Gasteiger partial charge in [-0.1, -0.05) is 11.6 Å². The second kappa shape index (κ2) is 5.67. The highest BCUT2D eigenvalue weighted by Gasteiger charge is 2.04. The number of H-pyrrole nitrogens is 1. The third-order valence-electron chi connectivity index (χ3n) is 2.72. The van der Waals surface area contributed by atoms with Crippen LogP contribution in [-0.2, 0) is 11.3 Å². The fourth-order valence-electron chi connectivity index (χ4n) is 1.87. The molecule has 0 bridgehead atoms. The number of halogens is 1. The molecule has 0 atom stereocenters. The van der Waals surface area contributed by atoms with Crippen LogP contribution in [0.15, 0.2) is 18.2 Å². The first-order valence-electron chi connectivity index (χ1n) is 5.59. The summed E-state index contributed by atoms with van der Waals surface area (Å²) in [5.41, 5.74) is 2.10. The predicted molar refractivity (Wildman–Crippen MR) is 73.2 cm³/mol. The molecule has 3 nitrogen and oxygen atoms in total. The first-order chi connectivity index (χ1) is 8.22. The number of unbranched alkanes of at least 4 members (excludes halogenated alkanes) is 1. The molecular weight excluding hydrogens is 256 g/mol. The molecule has 5 heteroatoms. The van der Waals surface area contributed by atoms with Crippen molar-refractivity contribution in [1.82, 2.24) is 9.55 Å². The van der Waals surface area contributed by atoms with Gasteiger partial charge in [0, 0.05) is 25.3 Å². The molecule has 2 rings (SSSR count). The third kappa shape index (κ3) is 2.89. The summed E-state index contributed by atoms with van der Waals surface area (Å²) in [5.74, 6) is 0. The van der Waals surface area contributed by atoms with Gasteiger partial charge < -0.3 is 14.3 Å². The van der Waals surface area contributed by atoms with Crippen molar-refractivity contribution in [2.45, 2.75) is 19.4 Å². The summed E-state index contributed by atoms with van der Waals surface area (Å²) in [6.07, 6.45) is 2.09. The lowest BCUT2D eigenvalue weighted by Crippen LogP contribution is -1.99. The van der Waals surface area contributed by atoms with Crippen LogP contribution >= 0.6 is 23.8 Å². The molecule has 1 N–H and O–H groups in total. The smallest absolute Gasteiger partial charge is 0.178 e. The Morgan fingerprint density at radius 3 is 3.00 bits per heavy atom. The zero-order valence-electron chi connectivity index (χ0n) is 9.70. The predicted octanol–water partition coefficient (Wildman–Crippen LogP) is 3.78. The van der Waals surface area contributed by atoms with E-state index in [2.05, 4.69) is 9.55 Å². The fraction of sp³-hybridized carbons (Fsp3) is 0.417. The van der Waals surface area contributed by atoms with E-state index in [0.29, 0.717) is 0 Å². The Kier molecular flexibility index (Phi) is 4.20. The van der Waals surface area contributed by atoms with E-state index in [9.17, 15) is 0 Å². The fourth-order valence-corrected chi connectivity index (χ4v) is 2.35. The number of rotatable bonds is 5. The van der Waals surface area contributed by atoms with Crippen molar-refractivity contribution < 1.29 is 4.74 Å². The van der Waals surface area contributed by atoms with E-state index in [1.807, 2.05) is 18.2 Å². The maximum Gasteiger partial charge on any atom is 0.178 e. The number of hydrogen-bond donors (Lipinski definition) is 1. The van der Waals surface area contributed by atoms with Crippen LogP contribution in [0.2, 0.25) is 5.02 Å². The number of benzene rings is 1. The van der Waals surface area contributed by atoms with Gasteiger partial charge in [-0.05, 0) is 43.3 Å². The Morgan fingerprint density at radius 1 is 1.41 bits per heavy atom. The first-order valence-corrected chi connectivity index (χ1v) is 6.38. The lowest BCUT2D eigenvalue weighted by molar-refractivity contribution is 0.191. The highest BCUT2D eigenvalue weighted by molar-refractivity contribution is 7.71. The number of methoxy groups -OCH3 is 1. The van der Waals surface area contributed by atoms with E-state index >= 15 is 0 Å². The van der Waals surface area contributed by atoms with Crippen molar-refractivity contribution in [3.05, 3.63) is 28.0 Å². The molecule has 0 fully saturated rings. The molecule has 1 aromatic heterocycles. The highest BCUT2D eigenvalue weighted by Crippen LogP contribution is 2.19. The minimum Gasteiger partial charge on any atom is -0.385 e. The SMILES string of the molecule is COCCCCn1c(=S)[nH]c2cc(Cl)ccc21. The van der Waals surface area contributed by atoms with Crippen LogP contribution in [-0.4, -0.2) is 23.3 Å². The number of fused-ring (bicyclic) bond motifs is 1. The second-order valence-corrected chi connectivity index (χ2v) is 4.77. The van der Waals surface area contributed by atoms with Gasteiger partial charge in [0.25, 0.3) is 0 Å². The standard InChI is InChI=1S/C12H15ClN2OS/c1-16-7-3-2-6-15-11-5-4-9(13)8-10(11)14-12(15)17/h4-5,8H,2-3,6-7H2,1H3,(H,14,17). The van der Waals surface area contributed by atoms with E-state index in [0.717, 1.165) is 46.8 Å². The maximum absolute atomic E-state index is 5.95. The monoisotopic (exact) mass is 270 g/mol. The normalized spacial score (nSPS) is 11.2. The van der Waals surface area contributed by atoms with Crippen molar-refractivity contribution in [3.63, 3.8) is 0 Å². The van der Waals surface area contributed by atoms with Crippen LogP contribution in [0.25, 0.3) is 11.0 Å². The molecule has 1 heterocycles. The Labute approximate surface area is 110 Å². The Hall–Kier alpha value is -0.840. The van der Waals surface area contributed by atoms with Crippen LogP contribution in [0.3, 0.4) is 0 Å². The van der Waals surface area contributed by atoms with Gasteiger partial charge in [-0.25, -0.2) is 0 Å². The van der Waals surface area contributed by atoms with Crippen LogP contribution in [0.1, 0.15) is 12.8 Å². The van der Waals surface area contributed by atoms with Crippen molar-refractivity contribution >= 4 is 34.9 Å². The van der Waals surface area contributed by atoms with Gasteiger partial charge in [0.05, 0.1) is 11.0 Å². The van der Waals surface area contributed by atoms with Gasteiger partial charge >= 0.3 is 0 Å². The van der Waals surface area contributed by atoms with E-state index in [-0.39, 0.29) is 0 Å². The topological polar surface area (TPSA) is 29.9 Å². The summed E-state index contributed by atoms with van der Waals surface area (Å²) >= 11 is 11.3. The first kappa shape index (κ1) is 12.6. The third-order valence-corrected chi connectivity index (χ3v) is 3.27. The molecule has 0 unspecified atom stereocenters. The van der Waals surface area contributed by atoms with E-state index < -0.39 is 0 Å². The Morgan fingerprint density at radius 2 is 2.24 bits per heavy atom. The second-order valence-electron chi connectivity index (χ2n) is 3.94. The molecule has 0 saturated carbocycles. The number of nitrogens with zero attached hydrogens (tertiary/aromatic N) is 1. The molecule has 0 aliphatic rings. The van der Waals surface area contributed by atoms with Gasteiger partial charge in [0.2, 0.25) is 0 Å². The number of ether oxygens (including phenoxy) is 1. The van der Waals surface area contributed by atoms with Gasteiger partial charge in [0.15, 0.2) is 4.77 Å². The quantitative estimate of drug-likeness (QED) is 0.662. The average molecular weight is 271 g/mol. The highest BCUT2D eigenvalue weighted by atomic mass is 35.5. The zero-order valence-corrected chi connectivity index (χ0v) is 11.3. The van der Waals surface area contributed by atoms with Gasteiger partial charge in [-0.15, -0.1) is 0 Å². The van der Waals surface area contributed by atoms with E-state index in [1.165, 1.54) is 0 Å². The lowest BCUT2D eigenvalue weighted by atomic mass is 10.3. The Bertz CT molecular complexity index is 561. The van der Waals surface area contributed by atoms with Crippen molar-refractivity contribution in [2.75, 3.05) is 13.7 Å². The Balaban J connectivity index is 2.21. The van der Waals surface area contributed by atoms with Crippen LogP contribution in [0.4, 0.5) is 0 Å². The number of aromatic amines is 1. The van der Waals surface area contributed by atoms with E-state index in [4.69, 9.17) is 28.6 Å². The lowest BCUT2D eigenvalue weighted by Gasteiger charge is -2.04. The maximum atomic E-state index is 5.95. The van der Waals surface area contributed by atoms with E-state index in [1.54, 1.807) is 7.11 Å². The molecule has 0 radical (unpaired) electrons. The average Bonchev–Trinajstić information content (AvgIpc) is 2.60. The molecule has 0 spiro atoms. The molecule has 0 saturated heterocycles. The molecule has 2 aromatic rings. The van der Waals surface area contributed by atoms with Gasteiger partial charge in [-0.3, -0.25) is 0 Å². The molecule has 92 valence electrons. The molecule has 17 heavy (non-hydrogen) atoms. The zero-order chi connectivity index (χ0) is 12.3. The number of hydrogen-bond acceptors (Lipinski definition) is 2. The number of aromatic nitrogens is 2. The minimum absolute atomic E-state index is 0.722. The van der Waals surface area contributed by atoms with Crippen molar-refractivity contribution in [1.29, 1.82) is 0 Å². The van der Waals surface area contributed by atoms with Gasteiger partial charge in [0.1, 0.15) is 0 Å². The molecule has 0 aliphatic heterocycles. The largest absolute Gasteiger partial charge is 0.385 e. The number of nitrogens with one attached hydrogen (secondary N) is 1.